The summed E-state index contributed by atoms with van der Waals surface area (Å²) in [7, 11) is 1.95. The lowest BCUT2D eigenvalue weighted by Crippen LogP contribution is -2.19. The third kappa shape index (κ3) is 4.47. The second kappa shape index (κ2) is 7.09. The maximum absolute atomic E-state index is 12.0. The Morgan fingerprint density at radius 2 is 1.71 bits per heavy atom. The van der Waals surface area contributed by atoms with Crippen LogP contribution in [0.3, 0.4) is 0 Å². The number of aryl methyl sites for hydroxylation is 1. The maximum atomic E-state index is 12.0. The number of allylic oxidation sites excluding steroid dienone is 1. The highest BCUT2D eigenvalue weighted by Gasteiger charge is 2.06. The molecular formula is C18H18ClNO. The lowest BCUT2D eigenvalue weighted by Gasteiger charge is -2.18. The van der Waals surface area contributed by atoms with Crippen LogP contribution >= 0.6 is 11.6 Å². The zero-order chi connectivity index (χ0) is 15.2. The second-order valence-corrected chi connectivity index (χ2v) is 5.50. The largest absolute Gasteiger partial charge is 0.369 e. The first-order chi connectivity index (χ1) is 10.1. The highest BCUT2D eigenvalue weighted by Crippen LogP contribution is 2.16. The molecule has 0 amide bonds. The molecule has 0 aliphatic heterocycles. The van der Waals surface area contributed by atoms with Crippen LogP contribution in [0.2, 0.25) is 0 Å². The Morgan fingerprint density at radius 3 is 2.33 bits per heavy atom. The van der Waals surface area contributed by atoms with Gasteiger partial charge in [0.05, 0.1) is 6.54 Å². The molecule has 2 aromatic rings. The molecule has 3 heteroatoms. The van der Waals surface area contributed by atoms with Gasteiger partial charge in [0, 0.05) is 29.4 Å². The van der Waals surface area contributed by atoms with Gasteiger partial charge in [0.2, 0.25) is 0 Å². The zero-order valence-corrected chi connectivity index (χ0v) is 13.0. The zero-order valence-electron chi connectivity index (χ0n) is 12.2. The third-order valence-electron chi connectivity index (χ3n) is 3.21. The van der Waals surface area contributed by atoms with E-state index in [-0.39, 0.29) is 5.78 Å². The van der Waals surface area contributed by atoms with Gasteiger partial charge in [-0.25, -0.2) is 0 Å². The van der Waals surface area contributed by atoms with Crippen molar-refractivity contribution in [2.45, 2.75) is 6.92 Å². The van der Waals surface area contributed by atoms with Gasteiger partial charge >= 0.3 is 0 Å². The van der Waals surface area contributed by atoms with Crippen LogP contribution in [0.25, 0.3) is 0 Å². The fourth-order valence-corrected chi connectivity index (χ4v) is 2.27. The fourth-order valence-electron chi connectivity index (χ4n) is 1.99. The molecule has 108 valence electrons. The van der Waals surface area contributed by atoms with Crippen molar-refractivity contribution in [3.63, 3.8) is 0 Å². The average Bonchev–Trinajstić information content (AvgIpc) is 2.48. The van der Waals surface area contributed by atoms with Gasteiger partial charge in [-0.15, -0.1) is 0 Å². The Morgan fingerprint density at radius 1 is 1.10 bits per heavy atom. The summed E-state index contributed by atoms with van der Waals surface area (Å²) in [4.78, 5) is 14.0. The van der Waals surface area contributed by atoms with Crippen LogP contribution in [-0.4, -0.2) is 19.4 Å². The van der Waals surface area contributed by atoms with Gasteiger partial charge in [0.1, 0.15) is 0 Å². The monoisotopic (exact) mass is 299 g/mol. The van der Waals surface area contributed by atoms with Crippen LogP contribution < -0.4 is 4.90 Å². The molecule has 0 N–H and O–H groups in total. The SMILES string of the molecule is Cc1ccc(N(C)C/C(Cl)=C/C(=O)c2ccccc2)cc1. The molecule has 0 bridgehead atoms. The number of hydrogen-bond donors (Lipinski definition) is 0. The molecular weight excluding hydrogens is 282 g/mol. The summed E-state index contributed by atoms with van der Waals surface area (Å²) < 4.78 is 0. The molecule has 0 unspecified atom stereocenters. The maximum Gasteiger partial charge on any atom is 0.187 e. The van der Waals surface area contributed by atoms with E-state index in [1.807, 2.05) is 42.3 Å². The molecule has 0 saturated heterocycles. The van der Waals surface area contributed by atoms with Crippen LogP contribution in [0.1, 0.15) is 15.9 Å². The van der Waals surface area contributed by atoms with E-state index in [4.69, 9.17) is 11.6 Å². The topological polar surface area (TPSA) is 20.3 Å². The Bertz CT molecular complexity index is 632. The minimum atomic E-state index is -0.0714. The molecule has 0 aromatic heterocycles. The summed E-state index contributed by atoms with van der Waals surface area (Å²) in [6.45, 7) is 2.55. The lowest BCUT2D eigenvalue weighted by atomic mass is 10.1. The number of benzene rings is 2. The highest BCUT2D eigenvalue weighted by molar-refractivity contribution is 6.32. The minimum Gasteiger partial charge on any atom is -0.369 e. The lowest BCUT2D eigenvalue weighted by molar-refractivity contribution is 0.104. The van der Waals surface area contributed by atoms with E-state index in [2.05, 4.69) is 19.1 Å². The molecule has 0 spiro atoms. The normalized spacial score (nSPS) is 11.3. The molecule has 0 saturated carbocycles. The van der Waals surface area contributed by atoms with Crippen molar-refractivity contribution in [2.75, 3.05) is 18.5 Å². The molecule has 2 aromatic carbocycles. The first-order valence-corrected chi connectivity index (χ1v) is 7.17. The number of ketones is 1. The van der Waals surface area contributed by atoms with E-state index < -0.39 is 0 Å². The summed E-state index contributed by atoms with van der Waals surface area (Å²) in [6, 6.07) is 17.3. The summed E-state index contributed by atoms with van der Waals surface area (Å²) in [6.07, 6.45) is 1.49. The second-order valence-electron chi connectivity index (χ2n) is 5.01. The van der Waals surface area contributed by atoms with Gasteiger partial charge in [-0.2, -0.15) is 0 Å². The first-order valence-electron chi connectivity index (χ1n) is 6.79. The number of anilines is 1. The predicted molar refractivity (Wildman–Crippen MR) is 89.2 cm³/mol. The standard InChI is InChI=1S/C18H18ClNO/c1-14-8-10-17(11-9-14)20(2)13-16(19)12-18(21)15-6-4-3-5-7-15/h3-12H,13H2,1-2H3/b16-12-. The van der Waals surface area contributed by atoms with Gasteiger partial charge in [0.15, 0.2) is 5.78 Å². The van der Waals surface area contributed by atoms with Crippen molar-refractivity contribution in [3.05, 3.63) is 76.8 Å². The van der Waals surface area contributed by atoms with E-state index in [0.717, 1.165) is 5.69 Å². The molecule has 0 atom stereocenters. The summed E-state index contributed by atoms with van der Waals surface area (Å²) in [5.41, 5.74) is 2.93. The molecule has 0 aliphatic carbocycles. The number of halogens is 1. The molecule has 0 fully saturated rings. The van der Waals surface area contributed by atoms with Crippen LogP contribution in [0.4, 0.5) is 5.69 Å². The smallest absolute Gasteiger partial charge is 0.187 e. The highest BCUT2D eigenvalue weighted by atomic mass is 35.5. The quantitative estimate of drug-likeness (QED) is 0.601. The van der Waals surface area contributed by atoms with Crippen LogP contribution in [0, 0.1) is 6.92 Å². The average molecular weight is 300 g/mol. The van der Waals surface area contributed by atoms with Crippen LogP contribution in [-0.2, 0) is 0 Å². The first kappa shape index (κ1) is 15.3. The van der Waals surface area contributed by atoms with Crippen molar-refractivity contribution < 1.29 is 4.79 Å². The molecule has 0 radical (unpaired) electrons. The van der Waals surface area contributed by atoms with Crippen molar-refractivity contribution in [3.8, 4) is 0 Å². The number of hydrogen-bond acceptors (Lipinski definition) is 2. The molecule has 2 rings (SSSR count). The number of likely N-dealkylation sites (N-methyl/N-ethyl adjacent to an activating group) is 1. The van der Waals surface area contributed by atoms with Crippen molar-refractivity contribution in [1.82, 2.24) is 0 Å². The molecule has 0 heterocycles. The van der Waals surface area contributed by atoms with E-state index in [1.54, 1.807) is 12.1 Å². The Hall–Kier alpha value is -2.06. The summed E-state index contributed by atoms with van der Waals surface area (Å²) in [5.74, 6) is -0.0714. The summed E-state index contributed by atoms with van der Waals surface area (Å²) in [5, 5.41) is 0.520. The van der Waals surface area contributed by atoms with Crippen LogP contribution in [0.5, 0.6) is 0 Å². The molecule has 21 heavy (non-hydrogen) atoms. The Balaban J connectivity index is 2.03. The number of nitrogens with zero attached hydrogens (tertiary/aromatic N) is 1. The van der Waals surface area contributed by atoms with E-state index >= 15 is 0 Å². The fraction of sp³-hybridized carbons (Fsp3) is 0.167. The van der Waals surface area contributed by atoms with Crippen molar-refractivity contribution in [2.24, 2.45) is 0 Å². The summed E-state index contributed by atoms with van der Waals surface area (Å²) >= 11 is 6.20. The minimum absolute atomic E-state index is 0.0714. The predicted octanol–water partition coefficient (Wildman–Crippen LogP) is 4.44. The van der Waals surface area contributed by atoms with Gasteiger partial charge < -0.3 is 4.90 Å². The number of rotatable bonds is 5. The van der Waals surface area contributed by atoms with E-state index in [9.17, 15) is 4.79 Å². The van der Waals surface area contributed by atoms with Crippen molar-refractivity contribution >= 4 is 23.1 Å². The van der Waals surface area contributed by atoms with Gasteiger partial charge in [-0.1, -0.05) is 59.6 Å². The van der Waals surface area contributed by atoms with E-state index in [1.165, 1.54) is 11.6 Å². The molecule has 0 aliphatic rings. The molecule has 2 nitrogen and oxygen atoms in total. The van der Waals surface area contributed by atoms with Gasteiger partial charge in [-0.3, -0.25) is 4.79 Å². The van der Waals surface area contributed by atoms with E-state index in [0.29, 0.717) is 17.1 Å². The van der Waals surface area contributed by atoms with Gasteiger partial charge in [0.25, 0.3) is 0 Å². The Kier molecular flexibility index (Phi) is 5.18. The Labute approximate surface area is 130 Å². The number of carbonyl (C=O) groups is 1. The van der Waals surface area contributed by atoms with Crippen LogP contribution in [0.15, 0.2) is 65.7 Å². The van der Waals surface area contributed by atoms with Crippen molar-refractivity contribution in [1.29, 1.82) is 0 Å². The number of carbonyl (C=O) groups excluding carboxylic acids is 1. The van der Waals surface area contributed by atoms with Gasteiger partial charge in [-0.05, 0) is 19.1 Å². The third-order valence-corrected chi connectivity index (χ3v) is 3.44.